The van der Waals surface area contributed by atoms with E-state index in [9.17, 15) is 19.2 Å². The lowest BCUT2D eigenvalue weighted by Crippen LogP contribution is -2.41. The predicted octanol–water partition coefficient (Wildman–Crippen LogP) is 3.08. The number of amides is 2. The topological polar surface area (TPSA) is 111 Å². The van der Waals surface area contributed by atoms with Crippen LogP contribution >= 0.6 is 0 Å². The fourth-order valence-electron chi connectivity index (χ4n) is 3.83. The number of carbonyl (C=O) groups is 2. The summed E-state index contributed by atoms with van der Waals surface area (Å²) in [6, 6.07) is 20.1. The van der Waals surface area contributed by atoms with E-state index >= 15 is 0 Å². The zero-order valence-electron chi connectivity index (χ0n) is 19.3. The Kier molecular flexibility index (Phi) is 6.77. The molecule has 178 valence electrons. The van der Waals surface area contributed by atoms with Crippen molar-refractivity contribution in [2.45, 2.75) is 20.0 Å². The summed E-state index contributed by atoms with van der Waals surface area (Å²) >= 11 is 0. The number of benzene rings is 3. The molecule has 0 radical (unpaired) electrons. The summed E-state index contributed by atoms with van der Waals surface area (Å²) in [5.41, 5.74) is 0.472. The maximum atomic E-state index is 13.0. The van der Waals surface area contributed by atoms with Crippen LogP contribution in [0.1, 0.15) is 17.3 Å². The van der Waals surface area contributed by atoms with Crippen LogP contribution in [0.5, 0.6) is 5.75 Å². The summed E-state index contributed by atoms with van der Waals surface area (Å²) in [6.45, 7) is 1.54. The number of carbonyl (C=O) groups excluding carboxylic acids is 2. The second-order valence-electron chi connectivity index (χ2n) is 7.72. The smallest absolute Gasteiger partial charge is 0.331 e. The third-order valence-corrected chi connectivity index (χ3v) is 5.52. The SMILES string of the molecule is CCn1c(=O)c2ccccc2n(CC(=O)Nc2ccccc2C(=O)Nc2cccc(OC)c2)c1=O. The van der Waals surface area contributed by atoms with E-state index in [1.807, 2.05) is 0 Å². The first-order valence-electron chi connectivity index (χ1n) is 11.0. The summed E-state index contributed by atoms with van der Waals surface area (Å²) in [4.78, 5) is 51.4. The largest absolute Gasteiger partial charge is 0.497 e. The molecule has 4 aromatic rings. The highest BCUT2D eigenvalue weighted by Crippen LogP contribution is 2.20. The molecular formula is C26H24N4O5. The third kappa shape index (κ3) is 4.84. The third-order valence-electron chi connectivity index (χ3n) is 5.52. The molecule has 0 fully saturated rings. The first-order chi connectivity index (χ1) is 16.9. The van der Waals surface area contributed by atoms with Crippen LogP contribution in [0.3, 0.4) is 0 Å². The van der Waals surface area contributed by atoms with Gasteiger partial charge in [0.15, 0.2) is 0 Å². The number of methoxy groups -OCH3 is 1. The highest BCUT2D eigenvalue weighted by atomic mass is 16.5. The van der Waals surface area contributed by atoms with Gasteiger partial charge in [0.1, 0.15) is 12.3 Å². The van der Waals surface area contributed by atoms with Crippen molar-refractivity contribution in [1.82, 2.24) is 9.13 Å². The van der Waals surface area contributed by atoms with Gasteiger partial charge in [-0.15, -0.1) is 0 Å². The van der Waals surface area contributed by atoms with Crippen molar-refractivity contribution >= 4 is 34.1 Å². The number of para-hydroxylation sites is 2. The van der Waals surface area contributed by atoms with E-state index in [1.54, 1.807) is 79.7 Å². The van der Waals surface area contributed by atoms with E-state index in [4.69, 9.17) is 4.74 Å². The molecule has 0 spiro atoms. The average Bonchev–Trinajstić information content (AvgIpc) is 2.87. The lowest BCUT2D eigenvalue weighted by Gasteiger charge is -2.15. The lowest BCUT2D eigenvalue weighted by molar-refractivity contribution is -0.116. The molecule has 0 aliphatic rings. The highest BCUT2D eigenvalue weighted by Gasteiger charge is 2.17. The van der Waals surface area contributed by atoms with Crippen molar-refractivity contribution in [3.63, 3.8) is 0 Å². The Labute approximate surface area is 200 Å². The van der Waals surface area contributed by atoms with Crippen LogP contribution < -0.4 is 26.6 Å². The van der Waals surface area contributed by atoms with E-state index in [-0.39, 0.29) is 18.7 Å². The van der Waals surface area contributed by atoms with Gasteiger partial charge in [-0.3, -0.25) is 23.5 Å². The second-order valence-corrected chi connectivity index (χ2v) is 7.72. The Morgan fingerprint density at radius 2 is 1.63 bits per heavy atom. The lowest BCUT2D eigenvalue weighted by atomic mass is 10.1. The van der Waals surface area contributed by atoms with Gasteiger partial charge in [0.25, 0.3) is 11.5 Å². The van der Waals surface area contributed by atoms with Crippen LogP contribution in [0.2, 0.25) is 0 Å². The van der Waals surface area contributed by atoms with Gasteiger partial charge >= 0.3 is 5.69 Å². The monoisotopic (exact) mass is 472 g/mol. The van der Waals surface area contributed by atoms with Crippen molar-refractivity contribution in [2.75, 3.05) is 17.7 Å². The number of ether oxygens (including phenoxy) is 1. The van der Waals surface area contributed by atoms with Crippen molar-refractivity contribution in [3.8, 4) is 5.75 Å². The van der Waals surface area contributed by atoms with E-state index in [0.717, 1.165) is 4.57 Å². The normalized spacial score (nSPS) is 10.7. The van der Waals surface area contributed by atoms with Crippen LogP contribution in [0.25, 0.3) is 10.9 Å². The van der Waals surface area contributed by atoms with Crippen molar-refractivity contribution in [1.29, 1.82) is 0 Å². The molecule has 0 saturated carbocycles. The summed E-state index contributed by atoms with van der Waals surface area (Å²) < 4.78 is 7.53. The van der Waals surface area contributed by atoms with Crippen LogP contribution in [-0.4, -0.2) is 28.1 Å². The number of anilines is 2. The van der Waals surface area contributed by atoms with Gasteiger partial charge in [-0.05, 0) is 43.3 Å². The zero-order valence-corrected chi connectivity index (χ0v) is 19.3. The Bertz CT molecular complexity index is 1540. The molecule has 2 N–H and O–H groups in total. The first kappa shape index (κ1) is 23.5. The minimum Gasteiger partial charge on any atom is -0.497 e. The second kappa shape index (κ2) is 10.1. The molecule has 1 aromatic heterocycles. The Balaban J connectivity index is 1.61. The molecular weight excluding hydrogens is 448 g/mol. The van der Waals surface area contributed by atoms with Crippen molar-refractivity contribution in [2.24, 2.45) is 0 Å². The first-order valence-corrected chi connectivity index (χ1v) is 11.0. The molecule has 0 atom stereocenters. The molecule has 0 bridgehead atoms. The molecule has 9 nitrogen and oxygen atoms in total. The molecule has 0 saturated heterocycles. The van der Waals surface area contributed by atoms with E-state index < -0.39 is 23.1 Å². The summed E-state index contributed by atoms with van der Waals surface area (Å²) in [5, 5.41) is 5.86. The zero-order chi connectivity index (χ0) is 24.9. The number of aromatic nitrogens is 2. The van der Waals surface area contributed by atoms with Gasteiger partial charge in [0.2, 0.25) is 5.91 Å². The molecule has 4 rings (SSSR count). The van der Waals surface area contributed by atoms with Crippen LogP contribution in [-0.2, 0) is 17.9 Å². The predicted molar refractivity (Wildman–Crippen MR) is 134 cm³/mol. The van der Waals surface area contributed by atoms with Gasteiger partial charge < -0.3 is 15.4 Å². The molecule has 1 heterocycles. The molecule has 0 unspecified atom stereocenters. The molecule has 0 aliphatic carbocycles. The number of hydrogen-bond donors (Lipinski definition) is 2. The molecule has 0 aliphatic heterocycles. The fraction of sp³-hybridized carbons (Fsp3) is 0.154. The van der Waals surface area contributed by atoms with E-state index in [0.29, 0.717) is 28.0 Å². The van der Waals surface area contributed by atoms with Crippen LogP contribution in [0.4, 0.5) is 11.4 Å². The fourth-order valence-corrected chi connectivity index (χ4v) is 3.83. The van der Waals surface area contributed by atoms with Crippen molar-refractivity contribution in [3.05, 3.63) is 99.2 Å². The van der Waals surface area contributed by atoms with Gasteiger partial charge in [0, 0.05) is 18.3 Å². The van der Waals surface area contributed by atoms with E-state index in [1.165, 1.54) is 11.7 Å². The van der Waals surface area contributed by atoms with Gasteiger partial charge in [0.05, 0.1) is 29.3 Å². The summed E-state index contributed by atoms with van der Waals surface area (Å²) in [5.74, 6) is -0.341. The molecule has 3 aromatic carbocycles. The maximum Gasteiger partial charge on any atom is 0.331 e. The van der Waals surface area contributed by atoms with Crippen LogP contribution in [0, 0.1) is 0 Å². The Morgan fingerprint density at radius 3 is 2.40 bits per heavy atom. The highest BCUT2D eigenvalue weighted by molar-refractivity contribution is 6.10. The molecule has 2 amide bonds. The number of nitrogens with one attached hydrogen (secondary N) is 2. The van der Waals surface area contributed by atoms with Gasteiger partial charge in [-0.2, -0.15) is 0 Å². The summed E-state index contributed by atoms with van der Waals surface area (Å²) in [7, 11) is 1.53. The van der Waals surface area contributed by atoms with Crippen molar-refractivity contribution < 1.29 is 14.3 Å². The number of rotatable bonds is 7. The minimum absolute atomic E-state index is 0.178. The Hall–Kier alpha value is -4.66. The summed E-state index contributed by atoms with van der Waals surface area (Å²) in [6.07, 6.45) is 0. The number of fused-ring (bicyclic) bond motifs is 1. The number of hydrogen-bond acceptors (Lipinski definition) is 5. The minimum atomic E-state index is -0.574. The average molecular weight is 473 g/mol. The van der Waals surface area contributed by atoms with Gasteiger partial charge in [-0.1, -0.05) is 30.3 Å². The molecule has 35 heavy (non-hydrogen) atoms. The Morgan fingerprint density at radius 1 is 0.886 bits per heavy atom. The quantitative estimate of drug-likeness (QED) is 0.429. The standard InChI is InChI=1S/C26H24N4O5/c1-3-29-25(33)20-12-5-7-14-22(20)30(26(29)34)16-23(31)28-21-13-6-4-11-19(21)24(32)27-17-9-8-10-18(15-17)35-2/h4-15H,3,16H2,1-2H3,(H,27,32)(H,28,31). The van der Waals surface area contributed by atoms with E-state index in [2.05, 4.69) is 10.6 Å². The number of nitrogens with zero attached hydrogens (tertiary/aromatic N) is 2. The van der Waals surface area contributed by atoms with Gasteiger partial charge in [-0.25, -0.2) is 4.79 Å². The van der Waals surface area contributed by atoms with Crippen LogP contribution in [0.15, 0.2) is 82.4 Å². The molecule has 9 heteroatoms. The maximum absolute atomic E-state index is 13.0.